The Labute approximate surface area is 167 Å². The summed E-state index contributed by atoms with van der Waals surface area (Å²) in [6, 6.07) is 7.78. The number of aliphatic hydroxyl groups is 1. The van der Waals surface area contributed by atoms with E-state index >= 15 is 0 Å². The first-order valence-corrected chi connectivity index (χ1v) is 8.65. The van der Waals surface area contributed by atoms with Crippen molar-refractivity contribution in [3.05, 3.63) is 24.3 Å². The number of nitrogens with one attached hydrogen (secondary N) is 2. The van der Waals surface area contributed by atoms with Gasteiger partial charge in [-0.1, -0.05) is 6.07 Å². The number of benzene rings is 1. The number of hydrogen-bond acceptors (Lipinski definition) is 4. The normalized spacial score (nSPS) is 15.7. The van der Waals surface area contributed by atoms with Crippen LogP contribution in [0.2, 0.25) is 0 Å². The molecule has 0 aliphatic heterocycles. The van der Waals surface area contributed by atoms with Crippen molar-refractivity contribution in [2.45, 2.75) is 38.2 Å². The number of aliphatic imine (C=N–C) groups is 1. The molecule has 7 heteroatoms. The molecule has 0 aromatic heterocycles. The highest BCUT2D eigenvalue weighted by Crippen LogP contribution is 2.31. The van der Waals surface area contributed by atoms with Crippen LogP contribution < -0.4 is 15.4 Å². The van der Waals surface area contributed by atoms with E-state index < -0.39 is 5.60 Å². The molecule has 0 amide bonds. The summed E-state index contributed by atoms with van der Waals surface area (Å²) in [7, 11) is 1.69. The first-order chi connectivity index (χ1) is 11.6. The number of nitrogens with zero attached hydrogens (tertiary/aromatic N) is 1. The zero-order valence-corrected chi connectivity index (χ0v) is 17.4. The van der Waals surface area contributed by atoms with Crippen LogP contribution >= 0.6 is 24.0 Å². The Morgan fingerprint density at radius 2 is 2.12 bits per heavy atom. The van der Waals surface area contributed by atoms with Gasteiger partial charge in [0.05, 0.1) is 18.8 Å². The summed E-state index contributed by atoms with van der Waals surface area (Å²) >= 11 is 0. The molecule has 1 aliphatic rings. The van der Waals surface area contributed by atoms with Crippen molar-refractivity contribution in [3.63, 3.8) is 0 Å². The van der Waals surface area contributed by atoms with E-state index in [0.717, 1.165) is 43.7 Å². The smallest absolute Gasteiger partial charge is 0.195 e. The Morgan fingerprint density at radius 3 is 2.76 bits per heavy atom. The van der Waals surface area contributed by atoms with Crippen LogP contribution in [-0.2, 0) is 4.74 Å². The Hall–Kier alpha value is -1.06. The molecule has 142 valence electrons. The van der Waals surface area contributed by atoms with E-state index in [9.17, 15) is 5.11 Å². The second kappa shape index (κ2) is 11.5. The van der Waals surface area contributed by atoms with Gasteiger partial charge in [-0.05, 0) is 38.3 Å². The molecule has 6 nitrogen and oxygen atoms in total. The molecule has 3 N–H and O–H groups in total. The van der Waals surface area contributed by atoms with Crippen molar-refractivity contribution in [1.82, 2.24) is 5.32 Å². The van der Waals surface area contributed by atoms with Gasteiger partial charge in [0.25, 0.3) is 0 Å². The predicted molar refractivity (Wildman–Crippen MR) is 112 cm³/mol. The summed E-state index contributed by atoms with van der Waals surface area (Å²) in [6.45, 7) is 4.52. The Morgan fingerprint density at radius 1 is 1.32 bits per heavy atom. The molecule has 0 unspecified atom stereocenters. The zero-order valence-electron chi connectivity index (χ0n) is 15.1. The van der Waals surface area contributed by atoms with Crippen LogP contribution in [0.3, 0.4) is 0 Å². The summed E-state index contributed by atoms with van der Waals surface area (Å²) in [5, 5.41) is 16.7. The molecule has 0 saturated heterocycles. The SMILES string of the molecule is CCNC(=NCC1(O)CCC1)Nc1cccc(OCCCOC)c1.I. The molecule has 0 radical (unpaired) electrons. The van der Waals surface area contributed by atoms with Gasteiger partial charge in [0.1, 0.15) is 5.75 Å². The first kappa shape index (κ1) is 22.0. The van der Waals surface area contributed by atoms with Crippen molar-refractivity contribution in [1.29, 1.82) is 0 Å². The fourth-order valence-electron chi connectivity index (χ4n) is 2.47. The van der Waals surface area contributed by atoms with Crippen LogP contribution in [0.15, 0.2) is 29.3 Å². The van der Waals surface area contributed by atoms with Crippen molar-refractivity contribution in [2.75, 3.05) is 38.7 Å². The standard InChI is InChI=1S/C18H29N3O3.HI/c1-3-19-17(20-14-18(22)9-5-10-18)21-15-7-4-8-16(13-15)24-12-6-11-23-2;/h4,7-8,13,22H,3,5-6,9-12,14H2,1-2H3,(H2,19,20,21);1H. The number of guanidine groups is 1. The van der Waals surface area contributed by atoms with E-state index in [1.165, 1.54) is 0 Å². The van der Waals surface area contributed by atoms with E-state index in [2.05, 4.69) is 15.6 Å². The number of rotatable bonds is 9. The topological polar surface area (TPSA) is 75.1 Å². The highest BCUT2D eigenvalue weighted by atomic mass is 127. The second-order valence-corrected chi connectivity index (χ2v) is 6.12. The van der Waals surface area contributed by atoms with Gasteiger partial charge in [-0.2, -0.15) is 0 Å². The van der Waals surface area contributed by atoms with Crippen LogP contribution in [-0.4, -0.2) is 50.1 Å². The summed E-state index contributed by atoms with van der Waals surface area (Å²) in [4.78, 5) is 4.51. The van der Waals surface area contributed by atoms with Crippen LogP contribution in [0.1, 0.15) is 32.6 Å². The van der Waals surface area contributed by atoms with E-state index in [1.54, 1.807) is 7.11 Å². The predicted octanol–water partition coefficient (Wildman–Crippen LogP) is 3.01. The molecular formula is C18H30IN3O3. The summed E-state index contributed by atoms with van der Waals surface area (Å²) in [5.74, 6) is 1.49. The van der Waals surface area contributed by atoms with Gasteiger partial charge in [0.15, 0.2) is 5.96 Å². The lowest BCUT2D eigenvalue weighted by Crippen LogP contribution is -2.41. The summed E-state index contributed by atoms with van der Waals surface area (Å²) in [5.41, 5.74) is 0.286. The minimum atomic E-state index is -0.616. The van der Waals surface area contributed by atoms with Gasteiger partial charge < -0.3 is 25.2 Å². The Kier molecular flexibility index (Phi) is 10.1. The monoisotopic (exact) mass is 463 g/mol. The third kappa shape index (κ3) is 7.79. The average Bonchev–Trinajstić information content (AvgIpc) is 2.55. The van der Waals surface area contributed by atoms with E-state index in [4.69, 9.17) is 9.47 Å². The van der Waals surface area contributed by atoms with Crippen LogP contribution in [0, 0.1) is 0 Å². The molecule has 1 aromatic carbocycles. The minimum absolute atomic E-state index is 0. The van der Waals surface area contributed by atoms with E-state index in [-0.39, 0.29) is 24.0 Å². The van der Waals surface area contributed by atoms with Gasteiger partial charge in [-0.25, -0.2) is 0 Å². The molecular weight excluding hydrogens is 433 g/mol. The Bertz CT molecular complexity index is 536. The third-order valence-electron chi connectivity index (χ3n) is 4.02. The molecule has 0 spiro atoms. The van der Waals surface area contributed by atoms with Gasteiger partial charge in [0, 0.05) is 38.4 Å². The number of anilines is 1. The fraction of sp³-hybridized carbons (Fsp3) is 0.611. The van der Waals surface area contributed by atoms with Gasteiger partial charge >= 0.3 is 0 Å². The average molecular weight is 463 g/mol. The number of hydrogen-bond donors (Lipinski definition) is 3. The van der Waals surface area contributed by atoms with E-state index in [1.807, 2.05) is 31.2 Å². The van der Waals surface area contributed by atoms with Gasteiger partial charge in [0.2, 0.25) is 0 Å². The lowest BCUT2D eigenvalue weighted by atomic mass is 9.80. The molecule has 0 heterocycles. The van der Waals surface area contributed by atoms with E-state index in [0.29, 0.717) is 25.7 Å². The van der Waals surface area contributed by atoms with Crippen LogP contribution in [0.5, 0.6) is 5.75 Å². The molecule has 1 saturated carbocycles. The van der Waals surface area contributed by atoms with Gasteiger partial charge in [-0.15, -0.1) is 24.0 Å². The highest BCUT2D eigenvalue weighted by Gasteiger charge is 2.34. The summed E-state index contributed by atoms with van der Waals surface area (Å²) in [6.07, 6.45) is 3.61. The zero-order chi connectivity index (χ0) is 17.3. The molecule has 1 aromatic rings. The lowest BCUT2D eigenvalue weighted by molar-refractivity contribution is -0.0235. The molecule has 25 heavy (non-hydrogen) atoms. The lowest BCUT2D eigenvalue weighted by Gasteiger charge is -2.35. The molecule has 2 rings (SSSR count). The van der Waals surface area contributed by atoms with Crippen molar-refractivity contribution in [3.8, 4) is 5.75 Å². The molecule has 0 bridgehead atoms. The molecule has 1 fully saturated rings. The maximum absolute atomic E-state index is 10.2. The van der Waals surface area contributed by atoms with Crippen molar-refractivity contribution in [2.24, 2.45) is 4.99 Å². The number of ether oxygens (including phenoxy) is 2. The maximum atomic E-state index is 10.2. The second-order valence-electron chi connectivity index (χ2n) is 6.12. The Balaban J connectivity index is 0.00000312. The van der Waals surface area contributed by atoms with Crippen molar-refractivity contribution < 1.29 is 14.6 Å². The quantitative estimate of drug-likeness (QED) is 0.227. The van der Waals surface area contributed by atoms with Gasteiger partial charge in [-0.3, -0.25) is 4.99 Å². The largest absolute Gasteiger partial charge is 0.493 e. The van der Waals surface area contributed by atoms with Crippen LogP contribution in [0.25, 0.3) is 0 Å². The minimum Gasteiger partial charge on any atom is -0.493 e. The molecule has 1 aliphatic carbocycles. The highest BCUT2D eigenvalue weighted by molar-refractivity contribution is 14.0. The van der Waals surface area contributed by atoms with Crippen LogP contribution in [0.4, 0.5) is 5.69 Å². The maximum Gasteiger partial charge on any atom is 0.195 e. The third-order valence-corrected chi connectivity index (χ3v) is 4.02. The fourth-order valence-corrected chi connectivity index (χ4v) is 2.47. The number of halogens is 1. The number of methoxy groups -OCH3 is 1. The summed E-state index contributed by atoms with van der Waals surface area (Å²) < 4.78 is 10.7. The van der Waals surface area contributed by atoms with Crippen molar-refractivity contribution >= 4 is 35.6 Å². The molecule has 0 atom stereocenters. The first-order valence-electron chi connectivity index (χ1n) is 8.65.